The number of aromatic nitrogens is 1. The number of nitrogens with zero attached hydrogens (tertiary/aromatic N) is 3. The number of nitriles is 2. The van der Waals surface area contributed by atoms with Crippen LogP contribution in [0.15, 0.2) is 33.3 Å². The van der Waals surface area contributed by atoms with Gasteiger partial charge >= 0.3 is 0 Å². The molecular formula is C15H10Br2N5O3Zn-. The molecule has 0 saturated carbocycles. The number of rotatable bonds is 2. The summed E-state index contributed by atoms with van der Waals surface area (Å²) in [5, 5.41) is 39.4. The second kappa shape index (κ2) is 14.0. The number of methoxy groups -OCH3 is 1. The zero-order valence-electron chi connectivity index (χ0n) is 13.4. The minimum absolute atomic E-state index is 0. The van der Waals surface area contributed by atoms with Crippen molar-refractivity contribution < 1.29 is 34.1 Å². The van der Waals surface area contributed by atoms with Gasteiger partial charge in [-0.15, -0.1) is 0 Å². The van der Waals surface area contributed by atoms with E-state index in [4.69, 9.17) is 26.1 Å². The third kappa shape index (κ3) is 8.26. The van der Waals surface area contributed by atoms with Crippen molar-refractivity contribution in [3.8, 4) is 17.9 Å². The number of nitrogens with one attached hydrogen (secondary N) is 2. The van der Waals surface area contributed by atoms with E-state index in [0.29, 0.717) is 9.99 Å². The third-order valence-electron chi connectivity index (χ3n) is 2.33. The summed E-state index contributed by atoms with van der Waals surface area (Å²) in [6.45, 7) is 1.18. The molecule has 8 nitrogen and oxygen atoms in total. The number of carbonyl (C=O) groups excluding carboxylic acids is 1. The predicted molar refractivity (Wildman–Crippen MR) is 98.2 cm³/mol. The largest absolute Gasteiger partial charge is 0.655 e. The van der Waals surface area contributed by atoms with Crippen LogP contribution in [0.25, 0.3) is 10.9 Å². The number of hydrogen-bond acceptors (Lipinski definition) is 8. The summed E-state index contributed by atoms with van der Waals surface area (Å²) >= 11 is 6.65. The molecule has 130 valence electrons. The van der Waals surface area contributed by atoms with Gasteiger partial charge in [-0.05, 0) is 28.1 Å². The van der Waals surface area contributed by atoms with E-state index in [2.05, 4.69) is 41.6 Å². The summed E-state index contributed by atoms with van der Waals surface area (Å²) < 4.78 is 5.30. The van der Waals surface area contributed by atoms with Crippen molar-refractivity contribution in [1.82, 2.24) is 4.98 Å². The Hall–Kier alpha value is -2.20. The maximum absolute atomic E-state index is 9.65. The maximum atomic E-state index is 9.65. The van der Waals surface area contributed by atoms with E-state index in [1.165, 1.54) is 25.7 Å². The molecule has 0 fully saturated rings. The smallest absolute Gasteiger partial charge is 0.168 e. The number of pyridine rings is 1. The Morgan fingerprint density at radius 3 is 2.19 bits per heavy atom. The van der Waals surface area contributed by atoms with Gasteiger partial charge < -0.3 is 14.6 Å². The van der Waals surface area contributed by atoms with E-state index in [0.717, 1.165) is 9.86 Å². The van der Waals surface area contributed by atoms with Crippen LogP contribution in [0.4, 0.5) is 0 Å². The van der Waals surface area contributed by atoms with Crippen LogP contribution < -0.4 is 0 Å². The number of hydrogen-bond donors (Lipinski definition) is 3. The van der Waals surface area contributed by atoms with Crippen LogP contribution in [-0.2, 0) is 29.0 Å². The number of benzene rings is 1. The van der Waals surface area contributed by atoms with E-state index in [9.17, 15) is 5.11 Å². The Balaban J connectivity index is 0. The maximum Gasteiger partial charge on any atom is 0.168 e. The molecule has 0 aliphatic rings. The van der Waals surface area contributed by atoms with Gasteiger partial charge in [0.15, 0.2) is 17.2 Å². The summed E-state index contributed by atoms with van der Waals surface area (Å²) in [6, 6.07) is 8.24. The number of aromatic hydroxyl groups is 1. The topological polar surface area (TPSA) is 155 Å². The summed E-state index contributed by atoms with van der Waals surface area (Å²) in [7, 11) is 1.26. The Kier molecular flexibility index (Phi) is 14.0. The average molecular weight is 533 g/mol. The Morgan fingerprint density at radius 1 is 1.27 bits per heavy atom. The SMILES string of the molecule is CO[C-]=O.N#CC(=N)C(=N)C#N.Oc1c(Br)cc(Br)c2cccnc12.[Zn]. The molecule has 1 heterocycles. The van der Waals surface area contributed by atoms with Crippen molar-refractivity contribution in [3.05, 3.63) is 33.3 Å². The first-order valence-electron chi connectivity index (χ1n) is 6.13. The fourth-order valence-corrected chi connectivity index (χ4v) is 2.54. The van der Waals surface area contributed by atoms with Crippen LogP contribution >= 0.6 is 31.9 Å². The summed E-state index contributed by atoms with van der Waals surface area (Å²) in [6.07, 6.45) is 1.65. The Labute approximate surface area is 178 Å². The molecule has 0 radical (unpaired) electrons. The van der Waals surface area contributed by atoms with E-state index >= 15 is 0 Å². The van der Waals surface area contributed by atoms with Crippen LogP contribution in [0.2, 0.25) is 0 Å². The van der Waals surface area contributed by atoms with Crippen molar-refractivity contribution in [2.75, 3.05) is 7.11 Å². The third-order valence-corrected chi connectivity index (χ3v) is 3.59. The normalized spacial score (nSPS) is 8.04. The van der Waals surface area contributed by atoms with Crippen molar-refractivity contribution in [2.24, 2.45) is 0 Å². The van der Waals surface area contributed by atoms with E-state index < -0.39 is 11.4 Å². The molecule has 0 bridgehead atoms. The molecule has 0 unspecified atom stereocenters. The summed E-state index contributed by atoms with van der Waals surface area (Å²) in [4.78, 5) is 12.9. The molecule has 0 aliphatic heterocycles. The predicted octanol–water partition coefficient (Wildman–Crippen LogP) is 3.24. The molecule has 0 atom stereocenters. The first kappa shape index (κ1) is 26.0. The quantitative estimate of drug-likeness (QED) is 0.306. The minimum Gasteiger partial charge on any atom is -0.655 e. The van der Waals surface area contributed by atoms with Crippen LogP contribution in [-0.4, -0.2) is 35.1 Å². The zero-order valence-corrected chi connectivity index (χ0v) is 19.5. The van der Waals surface area contributed by atoms with Crippen molar-refractivity contribution in [3.63, 3.8) is 0 Å². The molecule has 3 N–H and O–H groups in total. The fourth-order valence-electron chi connectivity index (χ4n) is 1.27. The van der Waals surface area contributed by atoms with Crippen LogP contribution in [0.1, 0.15) is 0 Å². The molecule has 26 heavy (non-hydrogen) atoms. The minimum atomic E-state index is -0.590. The van der Waals surface area contributed by atoms with Gasteiger partial charge in [0.2, 0.25) is 0 Å². The second-order valence-corrected chi connectivity index (χ2v) is 5.56. The van der Waals surface area contributed by atoms with E-state index in [1.807, 2.05) is 12.1 Å². The van der Waals surface area contributed by atoms with Gasteiger partial charge in [-0.2, -0.15) is 10.5 Å². The fraction of sp³-hybridized carbons (Fsp3) is 0.0667. The molecule has 0 saturated heterocycles. The van der Waals surface area contributed by atoms with Gasteiger partial charge in [0.25, 0.3) is 0 Å². The number of phenols is 1. The molecule has 1 aromatic heterocycles. The standard InChI is InChI=1S/C9H5Br2NO.C4H2N4.C2H3O2.Zn/c10-6-4-7(11)9(13)8-5(6)2-1-3-12-8;5-1-3(7)4(8)2-6;1-4-2-3;/h1-4,13H;7-8H;1H3;/q;;-1;. The van der Waals surface area contributed by atoms with Crippen molar-refractivity contribution in [2.45, 2.75) is 0 Å². The summed E-state index contributed by atoms with van der Waals surface area (Å²) in [5.41, 5.74) is -0.580. The van der Waals surface area contributed by atoms with Crippen LogP contribution in [0.5, 0.6) is 5.75 Å². The van der Waals surface area contributed by atoms with Gasteiger partial charge in [-0.25, -0.2) is 0 Å². The Bertz CT molecular complexity index is 854. The molecule has 2 rings (SSSR count). The van der Waals surface area contributed by atoms with Gasteiger partial charge in [0.05, 0.1) is 4.47 Å². The van der Waals surface area contributed by atoms with E-state index in [1.54, 1.807) is 12.3 Å². The molecular weight excluding hydrogens is 523 g/mol. The monoisotopic (exact) mass is 530 g/mol. The zero-order chi connectivity index (χ0) is 19.4. The van der Waals surface area contributed by atoms with Crippen LogP contribution in [0.3, 0.4) is 0 Å². The van der Waals surface area contributed by atoms with Gasteiger partial charge in [0, 0.05) is 42.6 Å². The molecule has 2 aromatic rings. The first-order valence-corrected chi connectivity index (χ1v) is 7.72. The number of fused-ring (bicyclic) bond motifs is 1. The molecule has 1 aromatic carbocycles. The van der Waals surface area contributed by atoms with Crippen molar-refractivity contribution in [1.29, 1.82) is 21.3 Å². The van der Waals surface area contributed by atoms with Gasteiger partial charge in [-0.3, -0.25) is 15.8 Å². The van der Waals surface area contributed by atoms with Gasteiger partial charge in [-0.1, -0.05) is 28.5 Å². The van der Waals surface area contributed by atoms with Crippen molar-refractivity contribution >= 4 is 60.7 Å². The number of halogens is 2. The van der Waals surface area contributed by atoms with Crippen LogP contribution in [0, 0.1) is 33.5 Å². The number of ether oxygens (including phenoxy) is 1. The number of phenolic OH excluding ortho intramolecular Hbond substituents is 1. The Morgan fingerprint density at radius 2 is 1.77 bits per heavy atom. The first-order chi connectivity index (χ1) is 11.8. The second-order valence-electron chi connectivity index (χ2n) is 3.85. The molecule has 0 aliphatic carbocycles. The molecule has 0 spiro atoms. The van der Waals surface area contributed by atoms with E-state index in [-0.39, 0.29) is 25.2 Å². The average Bonchev–Trinajstić information content (AvgIpc) is 2.65. The molecule has 0 amide bonds. The summed E-state index contributed by atoms with van der Waals surface area (Å²) in [5.74, 6) is 0.179. The van der Waals surface area contributed by atoms with Gasteiger partial charge in [0.1, 0.15) is 17.7 Å². The molecule has 11 heteroatoms.